The summed E-state index contributed by atoms with van der Waals surface area (Å²) in [5.41, 5.74) is -0.0273. The van der Waals surface area contributed by atoms with Gasteiger partial charge in [-0.15, -0.1) is 0 Å². The number of nitrogens with zero attached hydrogens (tertiary/aromatic N) is 1. The Balaban J connectivity index is 2.17. The van der Waals surface area contributed by atoms with Gasteiger partial charge in [0.25, 0.3) is 15.7 Å². The lowest BCUT2D eigenvalue weighted by atomic mass is 10.2. The van der Waals surface area contributed by atoms with Crippen LogP contribution in [0.25, 0.3) is 0 Å². The van der Waals surface area contributed by atoms with Gasteiger partial charge in [0.15, 0.2) is 0 Å². The highest BCUT2D eigenvalue weighted by Gasteiger charge is 2.25. The number of aryl methyl sites for hydroxylation is 1. The van der Waals surface area contributed by atoms with Crippen LogP contribution in [0.4, 0.5) is 5.69 Å². The first kappa shape index (κ1) is 16.4. The first-order valence-corrected chi connectivity index (χ1v) is 8.20. The van der Waals surface area contributed by atoms with Crippen LogP contribution in [-0.4, -0.2) is 32.0 Å². The lowest BCUT2D eigenvalue weighted by Crippen LogP contribution is -2.33. The van der Waals surface area contributed by atoms with Gasteiger partial charge in [0.1, 0.15) is 0 Å². The van der Waals surface area contributed by atoms with Crippen molar-refractivity contribution in [1.82, 2.24) is 4.72 Å². The van der Waals surface area contributed by atoms with E-state index in [-0.39, 0.29) is 23.1 Å². The van der Waals surface area contributed by atoms with Gasteiger partial charge in [-0.05, 0) is 25.3 Å². The summed E-state index contributed by atoms with van der Waals surface area (Å²) in [6.07, 6.45) is 1.23. The Kier molecular flexibility index (Phi) is 4.77. The van der Waals surface area contributed by atoms with Gasteiger partial charge in [0.05, 0.1) is 22.3 Å². The standard InChI is InChI=1S/C13H16N2O6S/c1-9-4-5-10(15(17)18)7-12(9)22(19,20)14-13(16)8-11-3-2-6-21-11/h4-5,7,11H,2-3,6,8H2,1H3,(H,14,16)/t11-/m1/s1. The Labute approximate surface area is 127 Å². The minimum absolute atomic E-state index is 0.0484. The van der Waals surface area contributed by atoms with Crippen LogP contribution in [0.2, 0.25) is 0 Å². The highest BCUT2D eigenvalue weighted by Crippen LogP contribution is 2.22. The maximum Gasteiger partial charge on any atom is 0.270 e. The molecule has 1 aromatic carbocycles. The van der Waals surface area contributed by atoms with Crippen LogP contribution in [0.5, 0.6) is 0 Å². The molecular weight excluding hydrogens is 312 g/mol. The minimum atomic E-state index is -4.15. The lowest BCUT2D eigenvalue weighted by Gasteiger charge is -2.11. The van der Waals surface area contributed by atoms with E-state index in [0.29, 0.717) is 18.6 Å². The fourth-order valence-corrected chi connectivity index (χ4v) is 3.51. The van der Waals surface area contributed by atoms with E-state index in [1.165, 1.54) is 19.1 Å². The summed E-state index contributed by atoms with van der Waals surface area (Å²) in [6.45, 7) is 2.07. The fraction of sp³-hybridized carbons (Fsp3) is 0.462. The molecule has 120 valence electrons. The number of rotatable bonds is 5. The lowest BCUT2D eigenvalue weighted by molar-refractivity contribution is -0.385. The van der Waals surface area contributed by atoms with Gasteiger partial charge >= 0.3 is 0 Å². The molecule has 1 atom stereocenters. The van der Waals surface area contributed by atoms with E-state index in [0.717, 1.165) is 12.5 Å². The molecule has 1 N–H and O–H groups in total. The van der Waals surface area contributed by atoms with Crippen LogP contribution < -0.4 is 4.72 Å². The summed E-state index contributed by atoms with van der Waals surface area (Å²) in [4.78, 5) is 21.6. The van der Waals surface area contributed by atoms with E-state index in [1.807, 2.05) is 4.72 Å². The van der Waals surface area contributed by atoms with Gasteiger partial charge in [-0.3, -0.25) is 14.9 Å². The molecule has 1 heterocycles. The topological polar surface area (TPSA) is 116 Å². The number of nitro groups is 1. The van der Waals surface area contributed by atoms with E-state index < -0.39 is 20.9 Å². The van der Waals surface area contributed by atoms with Crippen LogP contribution >= 0.6 is 0 Å². The van der Waals surface area contributed by atoms with E-state index in [1.54, 1.807) is 0 Å². The Bertz CT molecular complexity index is 694. The van der Waals surface area contributed by atoms with E-state index in [4.69, 9.17) is 4.74 Å². The molecule has 0 bridgehead atoms. The van der Waals surface area contributed by atoms with Crippen LogP contribution in [0, 0.1) is 17.0 Å². The smallest absolute Gasteiger partial charge is 0.270 e. The Morgan fingerprint density at radius 2 is 2.23 bits per heavy atom. The van der Waals surface area contributed by atoms with Crippen molar-refractivity contribution in [3.05, 3.63) is 33.9 Å². The van der Waals surface area contributed by atoms with E-state index in [2.05, 4.69) is 0 Å². The number of sulfonamides is 1. The van der Waals surface area contributed by atoms with Crippen molar-refractivity contribution in [1.29, 1.82) is 0 Å². The van der Waals surface area contributed by atoms with Crippen molar-refractivity contribution in [2.75, 3.05) is 6.61 Å². The van der Waals surface area contributed by atoms with Gasteiger partial charge in [0, 0.05) is 18.7 Å². The number of non-ortho nitro benzene ring substituents is 1. The van der Waals surface area contributed by atoms with Gasteiger partial charge in [0.2, 0.25) is 5.91 Å². The van der Waals surface area contributed by atoms with Crippen LogP contribution in [0.1, 0.15) is 24.8 Å². The van der Waals surface area contributed by atoms with Gasteiger partial charge in [-0.25, -0.2) is 13.1 Å². The quantitative estimate of drug-likeness (QED) is 0.643. The van der Waals surface area contributed by atoms with Crippen molar-refractivity contribution in [2.45, 2.75) is 37.2 Å². The molecule has 0 aromatic heterocycles. The van der Waals surface area contributed by atoms with E-state index >= 15 is 0 Å². The predicted octanol–water partition coefficient (Wildman–Crippen LogP) is 1.28. The number of hydrogen-bond acceptors (Lipinski definition) is 6. The summed E-state index contributed by atoms with van der Waals surface area (Å²) in [7, 11) is -4.15. The zero-order valence-electron chi connectivity index (χ0n) is 11.9. The normalized spacial score (nSPS) is 18.1. The summed E-state index contributed by atoms with van der Waals surface area (Å²) in [5.74, 6) is -0.683. The molecule has 1 fully saturated rings. The molecule has 1 aliphatic rings. The van der Waals surface area contributed by atoms with E-state index in [9.17, 15) is 23.3 Å². The van der Waals surface area contributed by atoms with Crippen molar-refractivity contribution >= 4 is 21.6 Å². The number of nitrogens with one attached hydrogen (secondary N) is 1. The van der Waals surface area contributed by atoms with Crippen molar-refractivity contribution in [3.63, 3.8) is 0 Å². The molecule has 1 aliphatic heterocycles. The molecule has 22 heavy (non-hydrogen) atoms. The fourth-order valence-electron chi connectivity index (χ4n) is 2.25. The first-order valence-electron chi connectivity index (χ1n) is 6.72. The number of benzene rings is 1. The maximum absolute atomic E-state index is 12.2. The molecule has 9 heteroatoms. The van der Waals surface area contributed by atoms with Crippen molar-refractivity contribution in [2.24, 2.45) is 0 Å². The molecule has 8 nitrogen and oxygen atoms in total. The molecule has 2 rings (SSSR count). The summed E-state index contributed by atoms with van der Waals surface area (Å²) in [6, 6.07) is 3.48. The zero-order chi connectivity index (χ0) is 16.3. The van der Waals surface area contributed by atoms with Gasteiger partial charge in [-0.2, -0.15) is 0 Å². The van der Waals surface area contributed by atoms with Gasteiger partial charge in [-0.1, -0.05) is 6.07 Å². The number of amides is 1. The second-order valence-electron chi connectivity index (χ2n) is 5.07. The zero-order valence-corrected chi connectivity index (χ0v) is 12.8. The molecule has 0 saturated carbocycles. The first-order chi connectivity index (χ1) is 10.3. The maximum atomic E-state index is 12.2. The number of nitro benzene ring substituents is 1. The van der Waals surface area contributed by atoms with Gasteiger partial charge < -0.3 is 4.74 Å². The third-order valence-electron chi connectivity index (χ3n) is 3.36. The molecular formula is C13H16N2O6S. The Morgan fingerprint density at radius 3 is 2.82 bits per heavy atom. The third-order valence-corrected chi connectivity index (χ3v) is 4.87. The number of carbonyl (C=O) groups is 1. The molecule has 0 spiro atoms. The third kappa shape index (κ3) is 3.80. The summed E-state index contributed by atoms with van der Waals surface area (Å²) < 4.78 is 31.6. The second kappa shape index (κ2) is 6.41. The van der Waals surface area contributed by atoms with Crippen LogP contribution in [0.15, 0.2) is 23.1 Å². The number of hydrogen-bond donors (Lipinski definition) is 1. The van der Waals surface area contributed by atoms with Crippen molar-refractivity contribution in [3.8, 4) is 0 Å². The molecule has 1 amide bonds. The van der Waals surface area contributed by atoms with Crippen LogP contribution in [0.3, 0.4) is 0 Å². The molecule has 1 saturated heterocycles. The highest BCUT2D eigenvalue weighted by atomic mass is 32.2. The molecule has 1 aromatic rings. The van der Waals surface area contributed by atoms with Crippen LogP contribution in [-0.2, 0) is 19.6 Å². The largest absolute Gasteiger partial charge is 0.378 e. The predicted molar refractivity (Wildman–Crippen MR) is 76.8 cm³/mol. The number of carbonyl (C=O) groups excluding carboxylic acids is 1. The monoisotopic (exact) mass is 328 g/mol. The Hall–Kier alpha value is -2.00. The summed E-state index contributed by atoms with van der Waals surface area (Å²) in [5, 5.41) is 10.8. The molecule has 0 unspecified atom stereocenters. The SMILES string of the molecule is Cc1ccc([N+](=O)[O-])cc1S(=O)(=O)NC(=O)C[C@H]1CCCO1. The molecule has 0 radical (unpaired) electrons. The minimum Gasteiger partial charge on any atom is -0.378 e. The highest BCUT2D eigenvalue weighted by molar-refractivity contribution is 7.90. The average molecular weight is 328 g/mol. The second-order valence-corrected chi connectivity index (χ2v) is 6.73. The molecule has 0 aliphatic carbocycles. The summed E-state index contributed by atoms with van der Waals surface area (Å²) >= 11 is 0. The average Bonchev–Trinajstić information content (AvgIpc) is 2.90. The Morgan fingerprint density at radius 1 is 1.50 bits per heavy atom. The number of ether oxygens (including phenoxy) is 1. The van der Waals surface area contributed by atoms with Crippen molar-refractivity contribution < 1.29 is 22.9 Å².